The van der Waals surface area contributed by atoms with Crippen LogP contribution in [0.3, 0.4) is 0 Å². The van der Waals surface area contributed by atoms with Crippen molar-refractivity contribution in [1.29, 1.82) is 0 Å². The Bertz CT molecular complexity index is 623. The highest BCUT2D eigenvalue weighted by molar-refractivity contribution is 14.0. The largest absolute Gasteiger partial charge is 0.370 e. The molecule has 0 aliphatic rings. The van der Waals surface area contributed by atoms with Gasteiger partial charge in [0.2, 0.25) is 0 Å². The second kappa shape index (κ2) is 8.57. The van der Waals surface area contributed by atoms with Crippen molar-refractivity contribution in [3.63, 3.8) is 0 Å². The Kier molecular flexibility index (Phi) is 7.10. The maximum atomic E-state index is 5.92. The molecule has 0 amide bonds. The summed E-state index contributed by atoms with van der Waals surface area (Å²) >= 11 is 0. The van der Waals surface area contributed by atoms with E-state index < -0.39 is 0 Å². The number of rotatable bonds is 4. The molecule has 0 fully saturated rings. The highest BCUT2D eigenvalue weighted by Crippen LogP contribution is 2.15. The van der Waals surface area contributed by atoms with E-state index in [1.165, 1.54) is 5.56 Å². The standard InChI is InChI=1S/C16H21N5.HI/c1-12-6-8-14(9-7-12)20-16(17)19-11-13-5-4-10-18-15(13)21(2)3;/h4-10H,11H2,1-3H3,(H3,17,19,20);1H. The third-order valence-corrected chi connectivity index (χ3v) is 3.03. The Morgan fingerprint density at radius 1 is 1.23 bits per heavy atom. The smallest absolute Gasteiger partial charge is 0.193 e. The number of hydrogen-bond acceptors (Lipinski definition) is 3. The Labute approximate surface area is 148 Å². The third kappa shape index (κ3) is 5.18. The van der Waals surface area contributed by atoms with E-state index in [9.17, 15) is 0 Å². The van der Waals surface area contributed by atoms with Gasteiger partial charge in [0.25, 0.3) is 0 Å². The fourth-order valence-corrected chi connectivity index (χ4v) is 1.95. The van der Waals surface area contributed by atoms with Crippen molar-refractivity contribution >= 4 is 41.4 Å². The first-order valence-corrected chi connectivity index (χ1v) is 6.81. The fraction of sp³-hybridized carbons (Fsp3) is 0.250. The molecule has 2 rings (SSSR count). The number of hydrogen-bond donors (Lipinski definition) is 2. The molecular weight excluding hydrogens is 389 g/mol. The Morgan fingerprint density at radius 2 is 1.91 bits per heavy atom. The van der Waals surface area contributed by atoms with Crippen molar-refractivity contribution in [1.82, 2.24) is 4.98 Å². The number of anilines is 2. The average molecular weight is 411 g/mol. The first-order valence-electron chi connectivity index (χ1n) is 6.81. The fourth-order valence-electron chi connectivity index (χ4n) is 1.95. The van der Waals surface area contributed by atoms with E-state index in [-0.39, 0.29) is 24.0 Å². The molecule has 0 aliphatic heterocycles. The van der Waals surface area contributed by atoms with Crippen LogP contribution in [-0.4, -0.2) is 25.0 Å². The molecule has 1 aromatic heterocycles. The van der Waals surface area contributed by atoms with Gasteiger partial charge in [-0.3, -0.25) is 0 Å². The van der Waals surface area contributed by atoms with Crippen molar-refractivity contribution in [2.45, 2.75) is 13.5 Å². The molecule has 2 aromatic rings. The lowest BCUT2D eigenvalue weighted by Gasteiger charge is -2.14. The number of nitrogens with one attached hydrogen (secondary N) is 1. The molecule has 6 heteroatoms. The molecule has 22 heavy (non-hydrogen) atoms. The van der Waals surface area contributed by atoms with Crippen LogP contribution >= 0.6 is 24.0 Å². The summed E-state index contributed by atoms with van der Waals surface area (Å²) in [6, 6.07) is 11.9. The lowest BCUT2D eigenvalue weighted by Crippen LogP contribution is -2.22. The molecule has 0 saturated heterocycles. The maximum Gasteiger partial charge on any atom is 0.193 e. The summed E-state index contributed by atoms with van der Waals surface area (Å²) < 4.78 is 0. The molecule has 1 heterocycles. The van der Waals surface area contributed by atoms with Crippen LogP contribution in [0.4, 0.5) is 11.5 Å². The SMILES string of the molecule is Cc1ccc(NC(N)=NCc2cccnc2N(C)C)cc1.I. The third-order valence-electron chi connectivity index (χ3n) is 3.03. The van der Waals surface area contributed by atoms with Crippen LogP contribution in [0.1, 0.15) is 11.1 Å². The number of benzene rings is 1. The monoisotopic (exact) mass is 411 g/mol. The van der Waals surface area contributed by atoms with Crippen molar-refractivity contribution in [3.8, 4) is 0 Å². The van der Waals surface area contributed by atoms with Crippen molar-refractivity contribution < 1.29 is 0 Å². The van der Waals surface area contributed by atoms with Gasteiger partial charge in [-0.1, -0.05) is 23.8 Å². The van der Waals surface area contributed by atoms with Gasteiger partial charge >= 0.3 is 0 Å². The minimum absolute atomic E-state index is 0. The summed E-state index contributed by atoms with van der Waals surface area (Å²) in [7, 11) is 3.92. The number of pyridine rings is 1. The molecule has 0 bridgehead atoms. The zero-order valence-corrected chi connectivity index (χ0v) is 15.4. The number of nitrogens with zero attached hydrogens (tertiary/aromatic N) is 3. The van der Waals surface area contributed by atoms with Gasteiger partial charge in [0, 0.05) is 31.5 Å². The normalized spacial score (nSPS) is 10.8. The second-order valence-corrected chi connectivity index (χ2v) is 5.07. The van der Waals surface area contributed by atoms with Gasteiger partial charge in [0.05, 0.1) is 6.54 Å². The predicted octanol–water partition coefficient (Wildman–Crippen LogP) is 3.00. The maximum absolute atomic E-state index is 5.92. The van der Waals surface area contributed by atoms with Crippen LogP contribution in [0.2, 0.25) is 0 Å². The van der Waals surface area contributed by atoms with Crippen LogP contribution in [0.5, 0.6) is 0 Å². The first-order chi connectivity index (χ1) is 10.1. The summed E-state index contributed by atoms with van der Waals surface area (Å²) in [5, 5.41) is 3.08. The van der Waals surface area contributed by atoms with Crippen LogP contribution < -0.4 is 16.0 Å². The molecule has 0 atom stereocenters. The number of guanidine groups is 1. The second-order valence-electron chi connectivity index (χ2n) is 5.07. The van der Waals surface area contributed by atoms with E-state index in [0.717, 1.165) is 17.1 Å². The summed E-state index contributed by atoms with van der Waals surface area (Å²) in [6.07, 6.45) is 1.77. The van der Waals surface area contributed by atoms with Gasteiger partial charge in [-0.05, 0) is 25.1 Å². The van der Waals surface area contributed by atoms with E-state index in [1.807, 2.05) is 62.3 Å². The molecule has 0 spiro atoms. The minimum atomic E-state index is 0. The molecule has 1 aromatic carbocycles. The number of aliphatic imine (C=N–C) groups is 1. The number of aromatic nitrogens is 1. The van der Waals surface area contributed by atoms with E-state index in [1.54, 1.807) is 6.20 Å². The first kappa shape index (κ1) is 18.2. The zero-order valence-electron chi connectivity index (χ0n) is 13.1. The summed E-state index contributed by atoms with van der Waals surface area (Å²) in [4.78, 5) is 10.7. The lowest BCUT2D eigenvalue weighted by molar-refractivity contribution is 0.983. The molecule has 0 radical (unpaired) electrons. The summed E-state index contributed by atoms with van der Waals surface area (Å²) in [5.41, 5.74) is 9.10. The number of halogens is 1. The Balaban J connectivity index is 0.00000242. The molecule has 0 saturated carbocycles. The van der Waals surface area contributed by atoms with Crippen molar-refractivity contribution in [3.05, 3.63) is 53.7 Å². The molecular formula is C16H22IN5. The quantitative estimate of drug-likeness (QED) is 0.461. The van der Waals surface area contributed by atoms with Crippen LogP contribution in [0.25, 0.3) is 0 Å². The van der Waals surface area contributed by atoms with Crippen molar-refractivity contribution in [2.24, 2.45) is 10.7 Å². The highest BCUT2D eigenvalue weighted by atomic mass is 127. The summed E-state index contributed by atoms with van der Waals surface area (Å²) in [6.45, 7) is 2.54. The minimum Gasteiger partial charge on any atom is -0.370 e. The van der Waals surface area contributed by atoms with Crippen molar-refractivity contribution in [2.75, 3.05) is 24.3 Å². The van der Waals surface area contributed by atoms with Gasteiger partial charge in [0.15, 0.2) is 5.96 Å². The molecule has 118 valence electrons. The van der Waals surface area contributed by atoms with Crippen LogP contribution in [-0.2, 0) is 6.54 Å². The van der Waals surface area contributed by atoms with E-state index in [0.29, 0.717) is 12.5 Å². The number of aryl methyl sites for hydroxylation is 1. The molecule has 0 aliphatic carbocycles. The van der Waals surface area contributed by atoms with Gasteiger partial charge in [-0.2, -0.15) is 0 Å². The number of nitrogens with two attached hydrogens (primary N) is 1. The summed E-state index contributed by atoms with van der Waals surface area (Å²) in [5.74, 6) is 1.30. The van der Waals surface area contributed by atoms with E-state index >= 15 is 0 Å². The average Bonchev–Trinajstić information content (AvgIpc) is 2.48. The van der Waals surface area contributed by atoms with Crippen LogP contribution in [0, 0.1) is 6.92 Å². The molecule has 5 nitrogen and oxygen atoms in total. The van der Waals surface area contributed by atoms with Gasteiger partial charge in [-0.15, -0.1) is 24.0 Å². The molecule has 3 N–H and O–H groups in total. The zero-order chi connectivity index (χ0) is 15.2. The predicted molar refractivity (Wildman–Crippen MR) is 104 cm³/mol. The van der Waals surface area contributed by atoms with Gasteiger partial charge in [0.1, 0.15) is 5.82 Å². The topological polar surface area (TPSA) is 66.5 Å². The van der Waals surface area contributed by atoms with Gasteiger partial charge in [-0.25, -0.2) is 9.98 Å². The molecule has 0 unspecified atom stereocenters. The highest BCUT2D eigenvalue weighted by Gasteiger charge is 2.04. The van der Waals surface area contributed by atoms with E-state index in [4.69, 9.17) is 5.73 Å². The van der Waals surface area contributed by atoms with Gasteiger partial charge < -0.3 is 16.0 Å². The lowest BCUT2D eigenvalue weighted by atomic mass is 10.2. The Hall–Kier alpha value is -1.83. The van der Waals surface area contributed by atoms with E-state index in [2.05, 4.69) is 15.3 Å². The van der Waals surface area contributed by atoms with Crippen LogP contribution in [0.15, 0.2) is 47.6 Å². The Morgan fingerprint density at radius 3 is 2.55 bits per heavy atom.